The van der Waals surface area contributed by atoms with Crippen LogP contribution >= 0.6 is 0 Å². The zero-order valence-corrected chi connectivity index (χ0v) is 15.9. The van der Waals surface area contributed by atoms with Crippen LogP contribution in [-0.2, 0) is 9.59 Å². The SMILES string of the molecule is CCCCNC(=O)C1CCC(C)N(C(=O)c2cccc(OCC(=O)O)c2)C1. The number of carbonyl (C=O) groups excluding carboxylic acids is 2. The van der Waals surface area contributed by atoms with Gasteiger partial charge in [0.25, 0.3) is 5.91 Å². The van der Waals surface area contributed by atoms with E-state index in [4.69, 9.17) is 9.84 Å². The van der Waals surface area contributed by atoms with Gasteiger partial charge >= 0.3 is 5.97 Å². The standard InChI is InChI=1S/C20H28N2O5/c1-3-4-10-21-19(25)16-9-8-14(2)22(12-16)20(26)15-6-5-7-17(11-15)27-13-18(23)24/h5-7,11,14,16H,3-4,8-10,12-13H2,1-2H3,(H,21,25)(H,23,24). The number of benzene rings is 1. The summed E-state index contributed by atoms with van der Waals surface area (Å²) in [6, 6.07) is 6.54. The molecule has 2 atom stereocenters. The summed E-state index contributed by atoms with van der Waals surface area (Å²) >= 11 is 0. The Balaban J connectivity index is 2.04. The van der Waals surface area contributed by atoms with Crippen LogP contribution in [0.4, 0.5) is 0 Å². The molecule has 1 aromatic rings. The molecular formula is C20H28N2O5. The van der Waals surface area contributed by atoms with Gasteiger partial charge in [0.15, 0.2) is 6.61 Å². The van der Waals surface area contributed by atoms with Crippen molar-refractivity contribution in [1.82, 2.24) is 10.2 Å². The first-order chi connectivity index (χ1) is 12.9. The van der Waals surface area contributed by atoms with Gasteiger partial charge in [-0.1, -0.05) is 19.4 Å². The zero-order chi connectivity index (χ0) is 19.8. The fraction of sp³-hybridized carbons (Fsp3) is 0.550. The summed E-state index contributed by atoms with van der Waals surface area (Å²) in [4.78, 5) is 37.7. The Morgan fingerprint density at radius 3 is 2.78 bits per heavy atom. The topological polar surface area (TPSA) is 95.9 Å². The molecule has 0 bridgehead atoms. The second-order valence-electron chi connectivity index (χ2n) is 6.94. The summed E-state index contributed by atoms with van der Waals surface area (Å²) in [5, 5.41) is 11.7. The fourth-order valence-corrected chi connectivity index (χ4v) is 3.17. The molecular weight excluding hydrogens is 348 g/mol. The molecule has 1 heterocycles. The predicted octanol–water partition coefficient (Wildman–Crippen LogP) is 2.31. The van der Waals surface area contributed by atoms with E-state index in [1.807, 2.05) is 6.92 Å². The van der Waals surface area contributed by atoms with Crippen LogP contribution in [0.15, 0.2) is 24.3 Å². The highest BCUT2D eigenvalue weighted by molar-refractivity contribution is 5.95. The Morgan fingerprint density at radius 2 is 2.07 bits per heavy atom. The molecule has 2 rings (SSSR count). The van der Waals surface area contributed by atoms with E-state index in [1.54, 1.807) is 29.2 Å². The summed E-state index contributed by atoms with van der Waals surface area (Å²) in [6.45, 7) is 4.64. The van der Waals surface area contributed by atoms with Gasteiger partial charge in [-0.2, -0.15) is 0 Å². The molecule has 1 aromatic carbocycles. The van der Waals surface area contributed by atoms with Crippen molar-refractivity contribution >= 4 is 17.8 Å². The van der Waals surface area contributed by atoms with Crippen LogP contribution in [-0.4, -0.2) is 53.5 Å². The summed E-state index contributed by atoms with van der Waals surface area (Å²) < 4.78 is 5.15. The third kappa shape index (κ3) is 5.98. The first kappa shape index (κ1) is 20.7. The number of nitrogens with one attached hydrogen (secondary N) is 1. The van der Waals surface area contributed by atoms with Crippen LogP contribution < -0.4 is 10.1 Å². The van der Waals surface area contributed by atoms with Gasteiger partial charge in [0.1, 0.15) is 5.75 Å². The van der Waals surface area contributed by atoms with Crippen LogP contribution in [0.25, 0.3) is 0 Å². The van der Waals surface area contributed by atoms with Crippen LogP contribution in [0.2, 0.25) is 0 Å². The molecule has 1 aliphatic rings. The Morgan fingerprint density at radius 1 is 1.30 bits per heavy atom. The molecule has 0 saturated carbocycles. The van der Waals surface area contributed by atoms with Crippen LogP contribution in [0.3, 0.4) is 0 Å². The average Bonchev–Trinajstić information content (AvgIpc) is 2.66. The number of carboxylic acid groups (broad SMARTS) is 1. The van der Waals surface area contributed by atoms with Gasteiger partial charge in [0.05, 0.1) is 5.92 Å². The summed E-state index contributed by atoms with van der Waals surface area (Å²) in [6.07, 6.45) is 3.50. The van der Waals surface area contributed by atoms with Crippen molar-refractivity contribution in [3.05, 3.63) is 29.8 Å². The number of unbranched alkanes of at least 4 members (excludes halogenated alkanes) is 1. The number of carbonyl (C=O) groups is 3. The minimum Gasteiger partial charge on any atom is -0.482 e. The molecule has 0 aromatic heterocycles. The second kappa shape index (κ2) is 9.94. The van der Waals surface area contributed by atoms with E-state index in [-0.39, 0.29) is 23.8 Å². The van der Waals surface area contributed by atoms with Crippen LogP contribution in [0, 0.1) is 5.92 Å². The fourth-order valence-electron chi connectivity index (χ4n) is 3.17. The Hall–Kier alpha value is -2.57. The molecule has 2 amide bonds. The maximum atomic E-state index is 13.0. The maximum absolute atomic E-state index is 13.0. The monoisotopic (exact) mass is 376 g/mol. The highest BCUT2D eigenvalue weighted by Crippen LogP contribution is 2.25. The number of aliphatic carboxylic acids is 1. The number of carboxylic acids is 1. The van der Waals surface area contributed by atoms with Gasteiger partial charge in [-0.15, -0.1) is 0 Å². The molecule has 1 aliphatic heterocycles. The van der Waals surface area contributed by atoms with Crippen molar-refractivity contribution in [3.8, 4) is 5.75 Å². The van der Waals surface area contributed by atoms with Crippen molar-refractivity contribution in [1.29, 1.82) is 0 Å². The molecule has 0 aliphatic carbocycles. The Labute approximate surface area is 159 Å². The van der Waals surface area contributed by atoms with Crippen LogP contribution in [0.1, 0.15) is 49.9 Å². The molecule has 7 nitrogen and oxygen atoms in total. The first-order valence-corrected chi connectivity index (χ1v) is 9.45. The van der Waals surface area contributed by atoms with Gasteiger partial charge in [-0.3, -0.25) is 9.59 Å². The van der Waals surface area contributed by atoms with E-state index in [0.29, 0.717) is 24.4 Å². The van der Waals surface area contributed by atoms with E-state index in [2.05, 4.69) is 12.2 Å². The van der Waals surface area contributed by atoms with E-state index < -0.39 is 12.6 Å². The second-order valence-corrected chi connectivity index (χ2v) is 6.94. The number of hydrogen-bond acceptors (Lipinski definition) is 4. The van der Waals surface area contributed by atoms with Crippen molar-refractivity contribution in [2.45, 2.75) is 45.6 Å². The van der Waals surface area contributed by atoms with E-state index in [9.17, 15) is 14.4 Å². The smallest absolute Gasteiger partial charge is 0.341 e. The number of ether oxygens (including phenoxy) is 1. The lowest BCUT2D eigenvalue weighted by atomic mass is 9.92. The molecule has 1 fully saturated rings. The van der Waals surface area contributed by atoms with Gasteiger partial charge in [-0.25, -0.2) is 4.79 Å². The lowest BCUT2D eigenvalue weighted by Gasteiger charge is -2.37. The number of nitrogens with zero attached hydrogens (tertiary/aromatic N) is 1. The number of likely N-dealkylation sites (tertiary alicyclic amines) is 1. The highest BCUT2D eigenvalue weighted by atomic mass is 16.5. The summed E-state index contributed by atoms with van der Waals surface area (Å²) in [5.41, 5.74) is 0.428. The predicted molar refractivity (Wildman–Crippen MR) is 101 cm³/mol. The molecule has 0 radical (unpaired) electrons. The van der Waals surface area contributed by atoms with Crippen molar-refractivity contribution in [2.24, 2.45) is 5.92 Å². The van der Waals surface area contributed by atoms with E-state index >= 15 is 0 Å². The Kier molecular flexibility index (Phi) is 7.64. The maximum Gasteiger partial charge on any atom is 0.341 e. The molecule has 2 N–H and O–H groups in total. The van der Waals surface area contributed by atoms with Gasteiger partial charge in [0, 0.05) is 24.7 Å². The van der Waals surface area contributed by atoms with Gasteiger partial charge in [-0.05, 0) is 44.4 Å². The summed E-state index contributed by atoms with van der Waals surface area (Å²) in [5.74, 6) is -1.11. The molecule has 148 valence electrons. The Bertz CT molecular complexity index is 676. The molecule has 27 heavy (non-hydrogen) atoms. The minimum absolute atomic E-state index is 0.00620. The normalized spacial score (nSPS) is 19.4. The van der Waals surface area contributed by atoms with Gasteiger partial charge < -0.3 is 20.1 Å². The largest absolute Gasteiger partial charge is 0.482 e. The van der Waals surface area contributed by atoms with Crippen LogP contribution in [0.5, 0.6) is 5.75 Å². The van der Waals surface area contributed by atoms with Crippen molar-refractivity contribution in [3.63, 3.8) is 0 Å². The molecule has 1 saturated heterocycles. The average molecular weight is 376 g/mol. The molecule has 2 unspecified atom stereocenters. The first-order valence-electron chi connectivity index (χ1n) is 9.45. The van der Waals surface area contributed by atoms with Crippen molar-refractivity contribution in [2.75, 3.05) is 19.7 Å². The lowest BCUT2D eigenvalue weighted by molar-refractivity contribution is -0.139. The number of amides is 2. The quantitative estimate of drug-likeness (QED) is 0.679. The third-order valence-electron chi connectivity index (χ3n) is 4.79. The van der Waals surface area contributed by atoms with E-state index in [1.165, 1.54) is 0 Å². The summed E-state index contributed by atoms with van der Waals surface area (Å²) in [7, 11) is 0. The van der Waals surface area contributed by atoms with Gasteiger partial charge in [0.2, 0.25) is 5.91 Å². The number of rotatable bonds is 8. The third-order valence-corrected chi connectivity index (χ3v) is 4.79. The van der Waals surface area contributed by atoms with E-state index in [0.717, 1.165) is 25.7 Å². The number of hydrogen-bond donors (Lipinski definition) is 2. The lowest BCUT2D eigenvalue weighted by Crippen LogP contribution is -2.49. The van der Waals surface area contributed by atoms with Crippen molar-refractivity contribution < 1.29 is 24.2 Å². The minimum atomic E-state index is -1.08. The number of piperidine rings is 1. The molecule has 7 heteroatoms. The molecule has 0 spiro atoms. The highest BCUT2D eigenvalue weighted by Gasteiger charge is 2.33. The zero-order valence-electron chi connectivity index (χ0n) is 15.9.